The molecule has 2 amide bonds. The summed E-state index contributed by atoms with van der Waals surface area (Å²) in [4.78, 5) is 50.8. The molecule has 1 saturated heterocycles. The predicted octanol–water partition coefficient (Wildman–Crippen LogP) is 2.01. The zero-order valence-electron chi connectivity index (χ0n) is 16.6. The number of nitrogens with zero attached hydrogens (tertiary/aromatic N) is 1. The molecule has 156 valence electrons. The highest BCUT2D eigenvalue weighted by atomic mass is 32.2. The van der Waals surface area contributed by atoms with Crippen LogP contribution in [0.15, 0.2) is 24.3 Å². The molecule has 2 heterocycles. The fraction of sp³-hybridized carbons (Fsp3) is 0.500. The molecule has 1 fully saturated rings. The number of amides is 2. The monoisotopic (exact) mass is 421 g/mol. The van der Waals surface area contributed by atoms with Gasteiger partial charge in [0.25, 0.3) is 11.8 Å². The van der Waals surface area contributed by atoms with Gasteiger partial charge < -0.3 is 14.2 Å². The van der Waals surface area contributed by atoms with Crippen molar-refractivity contribution in [3.8, 4) is 0 Å². The summed E-state index contributed by atoms with van der Waals surface area (Å²) in [6, 6.07) is 5.56. The third-order valence-electron chi connectivity index (χ3n) is 4.81. The Kier molecular flexibility index (Phi) is 6.28. The number of ether oxygens (including phenoxy) is 3. The molecule has 0 aromatic heterocycles. The van der Waals surface area contributed by atoms with Crippen LogP contribution in [0.25, 0.3) is 0 Å². The van der Waals surface area contributed by atoms with Gasteiger partial charge >= 0.3 is 11.9 Å². The van der Waals surface area contributed by atoms with Crippen molar-refractivity contribution in [2.75, 3.05) is 5.75 Å². The molecule has 5 atom stereocenters. The van der Waals surface area contributed by atoms with E-state index in [2.05, 4.69) is 0 Å². The number of esters is 2. The van der Waals surface area contributed by atoms with E-state index in [-0.39, 0.29) is 11.1 Å². The zero-order valence-corrected chi connectivity index (χ0v) is 17.4. The Labute approximate surface area is 172 Å². The minimum atomic E-state index is -1.05. The summed E-state index contributed by atoms with van der Waals surface area (Å²) in [5, 5.41) is 0. The maximum absolute atomic E-state index is 13.1. The van der Waals surface area contributed by atoms with Gasteiger partial charge in [0.1, 0.15) is 11.5 Å². The molecule has 29 heavy (non-hydrogen) atoms. The van der Waals surface area contributed by atoms with E-state index in [1.54, 1.807) is 31.2 Å². The fourth-order valence-electron chi connectivity index (χ4n) is 3.72. The number of benzene rings is 1. The van der Waals surface area contributed by atoms with Gasteiger partial charge in [-0.2, -0.15) is 0 Å². The average Bonchev–Trinajstić information content (AvgIpc) is 2.90. The lowest BCUT2D eigenvalue weighted by Crippen LogP contribution is -2.65. The molecule has 0 aliphatic carbocycles. The lowest BCUT2D eigenvalue weighted by atomic mass is 9.96. The first-order valence-electron chi connectivity index (χ1n) is 9.34. The summed E-state index contributed by atoms with van der Waals surface area (Å²) in [5.74, 6) is -1.53. The van der Waals surface area contributed by atoms with Crippen LogP contribution in [0.3, 0.4) is 0 Å². The van der Waals surface area contributed by atoms with Gasteiger partial charge in [-0.15, -0.1) is 11.8 Å². The third-order valence-corrected chi connectivity index (χ3v) is 5.86. The van der Waals surface area contributed by atoms with E-state index in [0.29, 0.717) is 5.75 Å². The molecular formula is C20H23NO7S. The highest BCUT2D eigenvalue weighted by Crippen LogP contribution is 2.38. The summed E-state index contributed by atoms with van der Waals surface area (Å²) in [5.41, 5.74) is -0.0858. The highest BCUT2D eigenvalue weighted by molar-refractivity contribution is 7.99. The minimum absolute atomic E-state index is 0.280. The van der Waals surface area contributed by atoms with Crippen LogP contribution in [-0.2, 0) is 23.8 Å². The van der Waals surface area contributed by atoms with Crippen LogP contribution in [0.4, 0.5) is 0 Å². The number of hydrogen-bond acceptors (Lipinski definition) is 8. The van der Waals surface area contributed by atoms with Crippen LogP contribution in [0.2, 0.25) is 0 Å². The quantitative estimate of drug-likeness (QED) is 0.526. The van der Waals surface area contributed by atoms with Gasteiger partial charge in [-0.05, 0) is 24.8 Å². The molecule has 1 aromatic carbocycles. The summed E-state index contributed by atoms with van der Waals surface area (Å²) in [7, 11) is 0. The number of carbonyl (C=O) groups excluding carboxylic acids is 4. The molecule has 0 radical (unpaired) electrons. The van der Waals surface area contributed by atoms with Gasteiger partial charge in [0.15, 0.2) is 12.2 Å². The summed E-state index contributed by atoms with van der Waals surface area (Å²) in [6.07, 6.45) is -2.61. The second-order valence-corrected chi connectivity index (χ2v) is 8.20. The Morgan fingerprint density at radius 2 is 1.55 bits per heavy atom. The van der Waals surface area contributed by atoms with E-state index >= 15 is 0 Å². The first kappa shape index (κ1) is 21.3. The average molecular weight is 421 g/mol. The van der Waals surface area contributed by atoms with Gasteiger partial charge in [-0.3, -0.25) is 24.1 Å². The molecule has 2 aliphatic heterocycles. The minimum Gasteiger partial charge on any atom is -0.456 e. The fourth-order valence-corrected chi connectivity index (χ4v) is 4.77. The van der Waals surface area contributed by atoms with Crippen molar-refractivity contribution in [2.24, 2.45) is 0 Å². The lowest BCUT2D eigenvalue weighted by molar-refractivity contribution is -0.206. The third kappa shape index (κ3) is 4.02. The Balaban J connectivity index is 2.07. The summed E-state index contributed by atoms with van der Waals surface area (Å²) < 4.78 is 16.9. The second kappa shape index (κ2) is 8.54. The molecule has 2 unspecified atom stereocenters. The van der Waals surface area contributed by atoms with E-state index in [1.165, 1.54) is 25.6 Å². The summed E-state index contributed by atoms with van der Waals surface area (Å²) in [6.45, 7) is 6.08. The second-order valence-electron chi connectivity index (χ2n) is 6.83. The van der Waals surface area contributed by atoms with Crippen LogP contribution in [0.1, 0.15) is 48.4 Å². The van der Waals surface area contributed by atoms with E-state index < -0.39 is 53.5 Å². The number of carbonyl (C=O) groups is 4. The van der Waals surface area contributed by atoms with Crippen LogP contribution < -0.4 is 0 Å². The molecule has 0 spiro atoms. The van der Waals surface area contributed by atoms with E-state index in [9.17, 15) is 19.2 Å². The topological polar surface area (TPSA) is 99.2 Å². The Hall–Kier alpha value is -2.39. The van der Waals surface area contributed by atoms with Gasteiger partial charge in [0.2, 0.25) is 0 Å². The van der Waals surface area contributed by atoms with Crippen LogP contribution >= 0.6 is 11.8 Å². The molecule has 2 aliphatic rings. The Bertz CT molecular complexity index is 807. The number of thioether (sulfide) groups is 1. The number of rotatable bonds is 5. The molecular weight excluding hydrogens is 398 g/mol. The standard InChI is InChI=1S/C20H23NO7S/c1-5-29-20-15(21-18(24)13-8-6-7-9-14(13)19(21)25)17(28-12(4)23)16(10(2)26-20)27-11(3)22/h6-10,15-17,20H,5H2,1-4H3/t10?,15-,16+,17+,20?/m0/s1. The Morgan fingerprint density at radius 1 is 1.03 bits per heavy atom. The van der Waals surface area contributed by atoms with Crippen molar-refractivity contribution in [1.82, 2.24) is 4.90 Å². The zero-order chi connectivity index (χ0) is 21.3. The van der Waals surface area contributed by atoms with Gasteiger partial charge in [-0.1, -0.05) is 19.1 Å². The smallest absolute Gasteiger partial charge is 0.303 e. The largest absolute Gasteiger partial charge is 0.456 e. The van der Waals surface area contributed by atoms with Crippen LogP contribution in [-0.4, -0.2) is 64.2 Å². The Morgan fingerprint density at radius 3 is 2.03 bits per heavy atom. The van der Waals surface area contributed by atoms with Crippen molar-refractivity contribution < 1.29 is 33.4 Å². The normalized spacial score (nSPS) is 28.8. The maximum Gasteiger partial charge on any atom is 0.303 e. The van der Waals surface area contributed by atoms with Gasteiger partial charge in [0.05, 0.1) is 17.2 Å². The van der Waals surface area contributed by atoms with E-state index in [1.807, 2.05) is 6.92 Å². The van der Waals surface area contributed by atoms with Crippen molar-refractivity contribution in [3.05, 3.63) is 35.4 Å². The van der Waals surface area contributed by atoms with Crippen LogP contribution in [0.5, 0.6) is 0 Å². The number of fused-ring (bicyclic) bond motifs is 1. The molecule has 8 nitrogen and oxygen atoms in total. The van der Waals surface area contributed by atoms with Crippen molar-refractivity contribution in [3.63, 3.8) is 0 Å². The summed E-state index contributed by atoms with van der Waals surface area (Å²) >= 11 is 1.39. The molecule has 0 bridgehead atoms. The van der Waals surface area contributed by atoms with Crippen molar-refractivity contribution in [1.29, 1.82) is 0 Å². The first-order chi connectivity index (χ1) is 13.8. The lowest BCUT2D eigenvalue weighted by Gasteiger charge is -2.46. The molecule has 9 heteroatoms. The first-order valence-corrected chi connectivity index (χ1v) is 10.4. The van der Waals surface area contributed by atoms with Crippen LogP contribution in [0, 0.1) is 0 Å². The highest BCUT2D eigenvalue weighted by Gasteiger charge is 2.55. The van der Waals surface area contributed by atoms with Crippen molar-refractivity contribution in [2.45, 2.75) is 57.5 Å². The number of imide groups is 1. The SMILES string of the molecule is CCSC1OC(C)[C@@H](OC(C)=O)[C@H](OC(C)=O)[C@@H]1N1C(=O)c2ccccc2C1=O. The number of hydrogen-bond donors (Lipinski definition) is 0. The molecule has 3 rings (SSSR count). The maximum atomic E-state index is 13.1. The van der Waals surface area contributed by atoms with Gasteiger partial charge in [0, 0.05) is 13.8 Å². The molecule has 1 aromatic rings. The van der Waals surface area contributed by atoms with Crippen molar-refractivity contribution >= 4 is 35.5 Å². The molecule has 0 N–H and O–H groups in total. The molecule has 0 saturated carbocycles. The predicted molar refractivity (Wildman–Crippen MR) is 104 cm³/mol. The van der Waals surface area contributed by atoms with E-state index in [4.69, 9.17) is 14.2 Å². The van der Waals surface area contributed by atoms with E-state index in [0.717, 1.165) is 4.90 Å². The van der Waals surface area contributed by atoms with Gasteiger partial charge in [-0.25, -0.2) is 0 Å².